The Labute approximate surface area is 113 Å². The van der Waals surface area contributed by atoms with Crippen LogP contribution >= 0.6 is 11.8 Å². The Balaban J connectivity index is 2.00. The molecular weight excluding hydrogens is 244 g/mol. The number of amides is 1. The molecule has 0 saturated heterocycles. The second-order valence-corrected chi connectivity index (χ2v) is 5.92. The first-order valence-electron chi connectivity index (χ1n) is 6.37. The summed E-state index contributed by atoms with van der Waals surface area (Å²) in [6.45, 7) is 3.62. The molecule has 2 N–H and O–H groups in total. The van der Waals surface area contributed by atoms with Gasteiger partial charge in [0.25, 0.3) is 5.91 Å². The van der Waals surface area contributed by atoms with E-state index in [1.54, 1.807) is 0 Å². The number of thioether (sulfide) groups is 1. The van der Waals surface area contributed by atoms with Crippen LogP contribution in [0.15, 0.2) is 24.3 Å². The standard InChI is InChI=1S/C14H20N2OS/c1-3-15-12-7-5-4-6-11(12)13(17)16-10-14(18-2)8-9-14/h4-7,15H,3,8-10H2,1-2H3,(H,16,17). The van der Waals surface area contributed by atoms with E-state index < -0.39 is 0 Å². The third-order valence-electron chi connectivity index (χ3n) is 3.35. The van der Waals surface area contributed by atoms with Gasteiger partial charge >= 0.3 is 0 Å². The van der Waals surface area contributed by atoms with Gasteiger partial charge in [-0.05, 0) is 38.2 Å². The third-order valence-corrected chi connectivity index (χ3v) is 4.77. The van der Waals surface area contributed by atoms with E-state index in [0.29, 0.717) is 4.75 Å². The fourth-order valence-corrected chi connectivity index (χ4v) is 2.68. The molecule has 1 aromatic rings. The molecule has 0 aromatic heterocycles. The zero-order valence-electron chi connectivity index (χ0n) is 11.0. The predicted molar refractivity (Wildman–Crippen MR) is 78.4 cm³/mol. The number of benzene rings is 1. The smallest absolute Gasteiger partial charge is 0.253 e. The summed E-state index contributed by atoms with van der Waals surface area (Å²) in [4.78, 5) is 12.2. The maximum atomic E-state index is 12.2. The highest BCUT2D eigenvalue weighted by Crippen LogP contribution is 2.46. The molecule has 1 aromatic carbocycles. The fourth-order valence-electron chi connectivity index (χ4n) is 1.95. The molecule has 0 radical (unpaired) electrons. The molecule has 0 aliphatic heterocycles. The second kappa shape index (κ2) is 5.65. The average Bonchev–Trinajstić information content (AvgIpc) is 3.18. The van der Waals surface area contributed by atoms with E-state index in [9.17, 15) is 4.79 Å². The van der Waals surface area contributed by atoms with Gasteiger partial charge in [-0.3, -0.25) is 4.79 Å². The van der Waals surface area contributed by atoms with E-state index >= 15 is 0 Å². The van der Waals surface area contributed by atoms with Gasteiger partial charge < -0.3 is 10.6 Å². The lowest BCUT2D eigenvalue weighted by Crippen LogP contribution is -2.32. The summed E-state index contributed by atoms with van der Waals surface area (Å²) in [5.41, 5.74) is 1.64. The van der Waals surface area contributed by atoms with Crippen LogP contribution in [0.5, 0.6) is 0 Å². The fraction of sp³-hybridized carbons (Fsp3) is 0.500. The van der Waals surface area contributed by atoms with Gasteiger partial charge in [0.2, 0.25) is 0 Å². The molecule has 18 heavy (non-hydrogen) atoms. The third kappa shape index (κ3) is 2.99. The molecule has 1 aliphatic rings. The first-order chi connectivity index (χ1) is 8.71. The number of rotatable bonds is 6. The normalized spacial score (nSPS) is 16.1. The summed E-state index contributed by atoms with van der Waals surface area (Å²) in [5, 5.41) is 6.27. The highest BCUT2D eigenvalue weighted by Gasteiger charge is 2.41. The molecule has 1 aliphatic carbocycles. The summed E-state index contributed by atoms with van der Waals surface area (Å²) in [6, 6.07) is 7.65. The van der Waals surface area contributed by atoms with Crippen LogP contribution in [0.3, 0.4) is 0 Å². The van der Waals surface area contributed by atoms with Crippen LogP contribution in [0, 0.1) is 0 Å². The van der Waals surface area contributed by atoms with E-state index in [-0.39, 0.29) is 5.91 Å². The number of hydrogen-bond acceptors (Lipinski definition) is 3. The van der Waals surface area contributed by atoms with Crippen LogP contribution < -0.4 is 10.6 Å². The van der Waals surface area contributed by atoms with Gasteiger partial charge in [0, 0.05) is 23.5 Å². The first-order valence-corrected chi connectivity index (χ1v) is 7.59. The van der Waals surface area contributed by atoms with Crippen LogP contribution in [-0.4, -0.2) is 30.0 Å². The molecule has 0 spiro atoms. The van der Waals surface area contributed by atoms with Gasteiger partial charge in [-0.2, -0.15) is 11.8 Å². The molecule has 98 valence electrons. The van der Waals surface area contributed by atoms with E-state index in [0.717, 1.165) is 24.3 Å². The Morgan fingerprint density at radius 2 is 2.11 bits per heavy atom. The maximum absolute atomic E-state index is 12.2. The zero-order chi connectivity index (χ0) is 13.0. The monoisotopic (exact) mass is 264 g/mol. The van der Waals surface area contributed by atoms with Crippen molar-refractivity contribution < 1.29 is 4.79 Å². The Kier molecular flexibility index (Phi) is 4.17. The Morgan fingerprint density at radius 3 is 2.72 bits per heavy atom. The van der Waals surface area contributed by atoms with Crippen molar-refractivity contribution in [2.45, 2.75) is 24.5 Å². The van der Waals surface area contributed by atoms with Crippen LogP contribution in [0.2, 0.25) is 0 Å². The van der Waals surface area contributed by atoms with Crippen LogP contribution in [0.25, 0.3) is 0 Å². The van der Waals surface area contributed by atoms with Crippen molar-refractivity contribution in [2.75, 3.05) is 24.7 Å². The van der Waals surface area contributed by atoms with Crippen molar-refractivity contribution in [3.05, 3.63) is 29.8 Å². The van der Waals surface area contributed by atoms with E-state index in [1.807, 2.05) is 43.0 Å². The molecule has 1 amide bonds. The molecule has 0 heterocycles. The lowest BCUT2D eigenvalue weighted by atomic mass is 10.1. The molecule has 2 rings (SSSR count). The number of carbonyl (C=O) groups excluding carboxylic acids is 1. The van der Waals surface area contributed by atoms with E-state index in [1.165, 1.54) is 12.8 Å². The van der Waals surface area contributed by atoms with Gasteiger partial charge in [0.15, 0.2) is 0 Å². The Hall–Kier alpha value is -1.16. The van der Waals surface area contributed by atoms with Crippen LogP contribution in [0.4, 0.5) is 5.69 Å². The van der Waals surface area contributed by atoms with Crippen LogP contribution in [0.1, 0.15) is 30.1 Å². The maximum Gasteiger partial charge on any atom is 0.253 e. The second-order valence-electron chi connectivity index (χ2n) is 4.65. The lowest BCUT2D eigenvalue weighted by Gasteiger charge is -2.15. The first kappa shape index (κ1) is 13.3. The van der Waals surface area contributed by atoms with Gasteiger partial charge in [-0.1, -0.05) is 12.1 Å². The van der Waals surface area contributed by atoms with Crippen molar-refractivity contribution in [3.8, 4) is 0 Å². The van der Waals surface area contributed by atoms with Crippen molar-refractivity contribution in [2.24, 2.45) is 0 Å². The van der Waals surface area contributed by atoms with E-state index in [2.05, 4.69) is 16.9 Å². The summed E-state index contributed by atoms with van der Waals surface area (Å²) in [5.74, 6) is 0.0203. The molecule has 0 bridgehead atoms. The summed E-state index contributed by atoms with van der Waals surface area (Å²) in [6.07, 6.45) is 4.54. The number of para-hydroxylation sites is 1. The molecule has 3 nitrogen and oxygen atoms in total. The Bertz CT molecular complexity index is 430. The number of carbonyl (C=O) groups is 1. The van der Waals surface area contributed by atoms with Crippen molar-refractivity contribution in [1.82, 2.24) is 5.32 Å². The lowest BCUT2D eigenvalue weighted by molar-refractivity contribution is 0.0954. The largest absolute Gasteiger partial charge is 0.385 e. The SMILES string of the molecule is CCNc1ccccc1C(=O)NCC1(SC)CC1. The molecule has 1 fully saturated rings. The quantitative estimate of drug-likeness (QED) is 0.830. The molecule has 1 saturated carbocycles. The minimum atomic E-state index is 0.0203. The topological polar surface area (TPSA) is 41.1 Å². The summed E-state index contributed by atoms with van der Waals surface area (Å²) in [7, 11) is 0. The van der Waals surface area contributed by atoms with Crippen molar-refractivity contribution in [1.29, 1.82) is 0 Å². The number of anilines is 1. The highest BCUT2D eigenvalue weighted by atomic mass is 32.2. The molecule has 0 unspecified atom stereocenters. The summed E-state index contributed by atoms with van der Waals surface area (Å²) >= 11 is 1.86. The Morgan fingerprint density at radius 1 is 1.39 bits per heavy atom. The molecular formula is C14H20N2OS. The minimum Gasteiger partial charge on any atom is -0.385 e. The number of hydrogen-bond donors (Lipinski definition) is 2. The van der Waals surface area contributed by atoms with Gasteiger partial charge in [-0.15, -0.1) is 0 Å². The average molecular weight is 264 g/mol. The van der Waals surface area contributed by atoms with Gasteiger partial charge in [0.05, 0.1) is 5.56 Å². The minimum absolute atomic E-state index is 0.0203. The molecule has 4 heteroatoms. The van der Waals surface area contributed by atoms with Crippen molar-refractivity contribution in [3.63, 3.8) is 0 Å². The predicted octanol–water partition coefficient (Wildman–Crippen LogP) is 2.74. The van der Waals surface area contributed by atoms with Gasteiger partial charge in [-0.25, -0.2) is 0 Å². The number of nitrogens with one attached hydrogen (secondary N) is 2. The van der Waals surface area contributed by atoms with Gasteiger partial charge in [0.1, 0.15) is 0 Å². The van der Waals surface area contributed by atoms with Crippen LogP contribution in [-0.2, 0) is 0 Å². The summed E-state index contributed by atoms with van der Waals surface area (Å²) < 4.78 is 0.308. The molecule has 0 atom stereocenters. The highest BCUT2D eigenvalue weighted by molar-refractivity contribution is 8.00. The van der Waals surface area contributed by atoms with E-state index in [4.69, 9.17) is 0 Å². The zero-order valence-corrected chi connectivity index (χ0v) is 11.8. The van der Waals surface area contributed by atoms with Crippen molar-refractivity contribution >= 4 is 23.4 Å².